The van der Waals surface area contributed by atoms with E-state index in [1.807, 2.05) is 0 Å². The standard InChI is InChI=1S/C13H12Cl2N2O5/c1-21-11(19)6-10(18)12(13(20)22-2)17-16-9-4-3-7(14)5-8(9)15/h3-5,18H,6H2,1-2H3. The minimum absolute atomic E-state index is 0.202. The number of ether oxygens (including phenoxy) is 2. The van der Waals surface area contributed by atoms with E-state index in [4.69, 9.17) is 23.2 Å². The summed E-state index contributed by atoms with van der Waals surface area (Å²) >= 11 is 11.7. The second kappa shape index (κ2) is 8.35. The summed E-state index contributed by atoms with van der Waals surface area (Å²) in [4.78, 5) is 22.7. The molecule has 0 atom stereocenters. The van der Waals surface area contributed by atoms with Crippen molar-refractivity contribution in [1.82, 2.24) is 0 Å². The zero-order chi connectivity index (χ0) is 16.7. The lowest BCUT2D eigenvalue weighted by molar-refractivity contribution is -0.140. The molecule has 118 valence electrons. The lowest BCUT2D eigenvalue weighted by atomic mass is 10.3. The Labute approximate surface area is 136 Å². The van der Waals surface area contributed by atoms with Crippen LogP contribution in [0.2, 0.25) is 10.0 Å². The van der Waals surface area contributed by atoms with Crippen LogP contribution in [-0.2, 0) is 19.1 Å². The van der Waals surface area contributed by atoms with Crippen LogP contribution in [-0.4, -0.2) is 31.3 Å². The Morgan fingerprint density at radius 2 is 1.91 bits per heavy atom. The molecule has 22 heavy (non-hydrogen) atoms. The molecule has 0 aliphatic carbocycles. The van der Waals surface area contributed by atoms with Crippen molar-refractivity contribution < 1.29 is 24.2 Å². The Balaban J connectivity index is 3.13. The molecule has 1 aromatic rings. The summed E-state index contributed by atoms with van der Waals surface area (Å²) in [5.41, 5.74) is -0.308. The average molecular weight is 347 g/mol. The van der Waals surface area contributed by atoms with E-state index in [1.165, 1.54) is 18.2 Å². The molecule has 0 aromatic heterocycles. The van der Waals surface area contributed by atoms with Gasteiger partial charge in [-0.05, 0) is 18.2 Å². The van der Waals surface area contributed by atoms with Gasteiger partial charge in [0.1, 0.15) is 17.9 Å². The number of esters is 2. The van der Waals surface area contributed by atoms with Gasteiger partial charge < -0.3 is 14.6 Å². The van der Waals surface area contributed by atoms with Gasteiger partial charge in [0.25, 0.3) is 0 Å². The van der Waals surface area contributed by atoms with Gasteiger partial charge in [-0.1, -0.05) is 23.2 Å². The Hall–Kier alpha value is -2.12. The van der Waals surface area contributed by atoms with Gasteiger partial charge in [-0.3, -0.25) is 4.79 Å². The van der Waals surface area contributed by atoms with Crippen LogP contribution >= 0.6 is 23.2 Å². The van der Waals surface area contributed by atoms with Crippen LogP contribution in [0.1, 0.15) is 6.42 Å². The van der Waals surface area contributed by atoms with Crippen LogP contribution in [0.3, 0.4) is 0 Å². The van der Waals surface area contributed by atoms with Crippen LogP contribution in [0.5, 0.6) is 0 Å². The maximum absolute atomic E-state index is 11.6. The Morgan fingerprint density at radius 1 is 1.23 bits per heavy atom. The topological polar surface area (TPSA) is 97.5 Å². The van der Waals surface area contributed by atoms with Crippen molar-refractivity contribution in [2.75, 3.05) is 14.2 Å². The van der Waals surface area contributed by atoms with Crippen LogP contribution < -0.4 is 0 Å². The van der Waals surface area contributed by atoms with E-state index in [0.717, 1.165) is 14.2 Å². The fourth-order valence-electron chi connectivity index (χ4n) is 1.27. The maximum atomic E-state index is 11.6. The number of aliphatic hydroxyl groups excluding tert-OH is 1. The van der Waals surface area contributed by atoms with E-state index in [-0.39, 0.29) is 10.7 Å². The summed E-state index contributed by atoms with van der Waals surface area (Å²) in [7, 11) is 2.24. The first kappa shape index (κ1) is 17.9. The minimum Gasteiger partial charge on any atom is -0.509 e. The highest BCUT2D eigenvalue weighted by atomic mass is 35.5. The fourth-order valence-corrected chi connectivity index (χ4v) is 1.72. The monoisotopic (exact) mass is 346 g/mol. The summed E-state index contributed by atoms with van der Waals surface area (Å²) < 4.78 is 8.86. The number of nitrogens with zero attached hydrogens (tertiary/aromatic N) is 2. The number of rotatable bonds is 5. The average Bonchev–Trinajstić information content (AvgIpc) is 2.48. The number of azo groups is 1. The molecule has 0 amide bonds. The molecule has 1 rings (SSSR count). The number of aliphatic hydroxyl groups is 1. The molecule has 0 bridgehead atoms. The molecule has 0 spiro atoms. The van der Waals surface area contributed by atoms with Crippen LogP contribution in [0.25, 0.3) is 0 Å². The van der Waals surface area contributed by atoms with E-state index in [0.29, 0.717) is 5.02 Å². The van der Waals surface area contributed by atoms with Crippen molar-refractivity contribution in [2.45, 2.75) is 6.42 Å². The fraction of sp³-hybridized carbons (Fsp3) is 0.231. The smallest absolute Gasteiger partial charge is 0.362 e. The van der Waals surface area contributed by atoms with Crippen LogP contribution in [0.15, 0.2) is 39.9 Å². The summed E-state index contributed by atoms with van der Waals surface area (Å²) in [6.45, 7) is 0. The number of hydrogen-bond donors (Lipinski definition) is 1. The third-order valence-corrected chi connectivity index (χ3v) is 2.90. The second-order valence-corrected chi connectivity index (χ2v) is 4.68. The number of carbonyl (C=O) groups is 2. The van der Waals surface area contributed by atoms with Crippen molar-refractivity contribution >= 4 is 40.8 Å². The van der Waals surface area contributed by atoms with Gasteiger partial charge in [-0.25, -0.2) is 4.79 Å². The quantitative estimate of drug-likeness (QED) is 0.380. The van der Waals surface area contributed by atoms with Gasteiger partial charge in [0, 0.05) is 5.02 Å². The normalized spacial score (nSPS) is 12.0. The summed E-state index contributed by atoms with van der Waals surface area (Å²) in [5.74, 6) is -2.35. The molecule has 0 fully saturated rings. The Kier molecular flexibility index (Phi) is 6.81. The summed E-state index contributed by atoms with van der Waals surface area (Å²) in [6.07, 6.45) is -0.547. The molecular weight excluding hydrogens is 335 g/mol. The highest BCUT2D eigenvalue weighted by Crippen LogP contribution is 2.28. The van der Waals surface area contributed by atoms with Crippen LogP contribution in [0, 0.1) is 0 Å². The van der Waals surface area contributed by atoms with Gasteiger partial charge in [0.05, 0.1) is 19.2 Å². The predicted molar refractivity (Wildman–Crippen MR) is 79.3 cm³/mol. The largest absolute Gasteiger partial charge is 0.509 e. The number of halogens is 2. The Bertz CT molecular complexity index is 643. The lowest BCUT2D eigenvalue weighted by Crippen LogP contribution is -2.09. The number of methoxy groups -OCH3 is 2. The van der Waals surface area contributed by atoms with Crippen molar-refractivity contribution in [3.8, 4) is 0 Å². The van der Waals surface area contributed by atoms with Gasteiger partial charge in [0.2, 0.25) is 5.70 Å². The number of carbonyl (C=O) groups excluding carboxylic acids is 2. The third kappa shape index (κ3) is 5.01. The van der Waals surface area contributed by atoms with Gasteiger partial charge in [0.15, 0.2) is 0 Å². The van der Waals surface area contributed by atoms with Gasteiger partial charge in [-0.15, -0.1) is 10.2 Å². The van der Waals surface area contributed by atoms with Crippen molar-refractivity contribution in [2.24, 2.45) is 10.2 Å². The molecule has 0 saturated carbocycles. The molecule has 1 N–H and O–H groups in total. The zero-order valence-corrected chi connectivity index (χ0v) is 13.2. The minimum atomic E-state index is -0.963. The number of hydrogen-bond acceptors (Lipinski definition) is 7. The molecule has 0 radical (unpaired) electrons. The highest BCUT2D eigenvalue weighted by Gasteiger charge is 2.19. The van der Waals surface area contributed by atoms with Crippen molar-refractivity contribution in [1.29, 1.82) is 0 Å². The van der Waals surface area contributed by atoms with Crippen molar-refractivity contribution in [3.05, 3.63) is 39.7 Å². The second-order valence-electron chi connectivity index (χ2n) is 3.84. The molecule has 0 aliphatic rings. The van der Waals surface area contributed by atoms with E-state index in [2.05, 4.69) is 19.7 Å². The molecule has 9 heteroatoms. The Morgan fingerprint density at radius 3 is 2.45 bits per heavy atom. The van der Waals surface area contributed by atoms with E-state index >= 15 is 0 Å². The van der Waals surface area contributed by atoms with Gasteiger partial charge >= 0.3 is 11.9 Å². The zero-order valence-electron chi connectivity index (χ0n) is 11.7. The number of benzene rings is 1. The molecule has 0 aliphatic heterocycles. The first-order valence-corrected chi connectivity index (χ1v) is 6.58. The molecule has 0 unspecified atom stereocenters. The molecule has 7 nitrogen and oxygen atoms in total. The predicted octanol–water partition coefficient (Wildman–Crippen LogP) is 3.58. The van der Waals surface area contributed by atoms with E-state index < -0.39 is 29.8 Å². The molecule has 1 aromatic carbocycles. The molecule has 0 heterocycles. The highest BCUT2D eigenvalue weighted by molar-refractivity contribution is 6.36. The summed E-state index contributed by atoms with van der Waals surface area (Å²) in [6, 6.07) is 4.44. The van der Waals surface area contributed by atoms with E-state index in [9.17, 15) is 14.7 Å². The molecular formula is C13H12Cl2N2O5. The lowest BCUT2D eigenvalue weighted by Gasteiger charge is -2.04. The third-order valence-electron chi connectivity index (χ3n) is 2.36. The maximum Gasteiger partial charge on any atom is 0.362 e. The first-order valence-electron chi connectivity index (χ1n) is 5.83. The van der Waals surface area contributed by atoms with Crippen molar-refractivity contribution in [3.63, 3.8) is 0 Å². The van der Waals surface area contributed by atoms with Gasteiger partial charge in [-0.2, -0.15) is 0 Å². The SMILES string of the molecule is COC(=O)CC(O)=C(N=Nc1ccc(Cl)cc1Cl)C(=O)OC. The summed E-state index contributed by atoms with van der Waals surface area (Å²) in [5, 5.41) is 17.7. The molecule has 0 saturated heterocycles. The first-order chi connectivity index (χ1) is 10.4. The van der Waals surface area contributed by atoms with E-state index in [1.54, 1.807) is 0 Å². The van der Waals surface area contributed by atoms with Crippen LogP contribution in [0.4, 0.5) is 5.69 Å².